The van der Waals surface area contributed by atoms with Crippen LogP contribution in [0.4, 0.5) is 8.78 Å². The lowest BCUT2D eigenvalue weighted by molar-refractivity contribution is -0.143. The number of carbonyl (C=O) groups is 2. The van der Waals surface area contributed by atoms with Gasteiger partial charge in [-0.2, -0.15) is 4.99 Å². The molecule has 1 aromatic heterocycles. The molecule has 0 spiro atoms. The van der Waals surface area contributed by atoms with Crippen molar-refractivity contribution in [1.82, 2.24) is 4.57 Å². The second-order valence-electron chi connectivity index (χ2n) is 6.27. The number of esters is 1. The standard InChI is InChI=1S/C21H20F2N2O4S/c1-3-28-15-7-5-13(6-8-15)9-18(26)24-21-25(12-19(27)29-4-2)20-16(23)10-14(22)11-17(20)30-21/h5-8,10-11H,3-4,9,12H2,1-2H3. The second kappa shape index (κ2) is 9.62. The van der Waals surface area contributed by atoms with E-state index in [4.69, 9.17) is 9.47 Å². The second-order valence-corrected chi connectivity index (χ2v) is 7.28. The number of carbonyl (C=O) groups excluding carboxylic acids is 2. The third-order valence-electron chi connectivity index (χ3n) is 4.10. The fourth-order valence-electron chi connectivity index (χ4n) is 2.89. The smallest absolute Gasteiger partial charge is 0.326 e. The molecule has 30 heavy (non-hydrogen) atoms. The maximum Gasteiger partial charge on any atom is 0.326 e. The lowest BCUT2D eigenvalue weighted by atomic mass is 10.1. The van der Waals surface area contributed by atoms with Crippen LogP contribution >= 0.6 is 11.3 Å². The highest BCUT2D eigenvalue weighted by molar-refractivity contribution is 7.16. The number of hydrogen-bond acceptors (Lipinski definition) is 5. The molecule has 0 saturated carbocycles. The normalized spacial score (nSPS) is 11.7. The van der Waals surface area contributed by atoms with E-state index in [0.717, 1.165) is 29.0 Å². The Bertz CT molecular complexity index is 1140. The average Bonchev–Trinajstić information content (AvgIpc) is 3.00. The van der Waals surface area contributed by atoms with E-state index in [1.165, 1.54) is 4.57 Å². The maximum absolute atomic E-state index is 14.4. The van der Waals surface area contributed by atoms with E-state index >= 15 is 0 Å². The third-order valence-corrected chi connectivity index (χ3v) is 5.12. The van der Waals surface area contributed by atoms with Crippen LogP contribution in [0.5, 0.6) is 5.75 Å². The number of nitrogens with zero attached hydrogens (tertiary/aromatic N) is 2. The van der Waals surface area contributed by atoms with Crippen molar-refractivity contribution in [2.24, 2.45) is 4.99 Å². The summed E-state index contributed by atoms with van der Waals surface area (Å²) in [6.07, 6.45) is 0.0108. The van der Waals surface area contributed by atoms with Gasteiger partial charge in [0.2, 0.25) is 0 Å². The van der Waals surface area contributed by atoms with Gasteiger partial charge in [-0.05, 0) is 37.6 Å². The monoisotopic (exact) mass is 434 g/mol. The predicted molar refractivity (Wildman–Crippen MR) is 108 cm³/mol. The first-order chi connectivity index (χ1) is 14.4. The fourth-order valence-corrected chi connectivity index (χ4v) is 3.97. The predicted octanol–water partition coefficient (Wildman–Crippen LogP) is 3.61. The summed E-state index contributed by atoms with van der Waals surface area (Å²) in [5.41, 5.74) is 0.726. The van der Waals surface area contributed by atoms with Gasteiger partial charge in [-0.3, -0.25) is 9.59 Å². The highest BCUT2D eigenvalue weighted by Gasteiger charge is 2.17. The Morgan fingerprint density at radius 1 is 1.10 bits per heavy atom. The van der Waals surface area contributed by atoms with Crippen LogP contribution < -0.4 is 9.54 Å². The average molecular weight is 434 g/mol. The van der Waals surface area contributed by atoms with Crippen molar-refractivity contribution in [3.05, 3.63) is 58.4 Å². The minimum absolute atomic E-state index is 0.00192. The molecule has 6 nitrogen and oxygen atoms in total. The summed E-state index contributed by atoms with van der Waals surface area (Å²) in [6.45, 7) is 3.88. The molecular weight excluding hydrogens is 414 g/mol. The largest absolute Gasteiger partial charge is 0.494 e. The van der Waals surface area contributed by atoms with Gasteiger partial charge in [-0.1, -0.05) is 23.5 Å². The molecule has 3 aromatic rings. The quantitative estimate of drug-likeness (QED) is 0.533. The molecule has 158 valence electrons. The molecule has 0 aliphatic carbocycles. The summed E-state index contributed by atoms with van der Waals surface area (Å²) in [4.78, 5) is 28.6. The van der Waals surface area contributed by atoms with E-state index in [1.807, 2.05) is 6.92 Å². The molecule has 0 aliphatic rings. The first-order valence-corrected chi connectivity index (χ1v) is 10.2. The number of aromatic nitrogens is 1. The van der Waals surface area contributed by atoms with Crippen molar-refractivity contribution in [1.29, 1.82) is 0 Å². The first kappa shape index (κ1) is 21.6. The zero-order chi connectivity index (χ0) is 21.7. The molecule has 2 aromatic carbocycles. The highest BCUT2D eigenvalue weighted by atomic mass is 32.1. The molecule has 0 unspecified atom stereocenters. The van der Waals surface area contributed by atoms with Crippen LogP contribution in [0, 0.1) is 11.6 Å². The van der Waals surface area contributed by atoms with E-state index in [1.54, 1.807) is 31.2 Å². The summed E-state index contributed by atoms with van der Waals surface area (Å²) in [5, 5.41) is 0. The van der Waals surface area contributed by atoms with Crippen molar-refractivity contribution in [2.45, 2.75) is 26.8 Å². The topological polar surface area (TPSA) is 69.9 Å². The van der Waals surface area contributed by atoms with Crippen molar-refractivity contribution in [3.8, 4) is 5.75 Å². The summed E-state index contributed by atoms with van der Waals surface area (Å²) < 4.78 is 39.8. The maximum atomic E-state index is 14.4. The SMILES string of the molecule is CCOC(=O)Cn1c(=NC(=O)Cc2ccc(OCC)cc2)sc2cc(F)cc(F)c21. The van der Waals surface area contributed by atoms with Gasteiger partial charge in [-0.25, -0.2) is 8.78 Å². The molecule has 1 amide bonds. The summed E-state index contributed by atoms with van der Waals surface area (Å²) in [5.74, 6) is -1.99. The number of benzene rings is 2. The Morgan fingerprint density at radius 2 is 1.83 bits per heavy atom. The molecular formula is C21H20F2N2O4S. The van der Waals surface area contributed by atoms with Crippen LogP contribution in [-0.2, 0) is 27.3 Å². The van der Waals surface area contributed by atoms with Crippen molar-refractivity contribution >= 4 is 33.4 Å². The molecule has 1 heterocycles. The van der Waals surface area contributed by atoms with E-state index < -0.39 is 23.5 Å². The van der Waals surface area contributed by atoms with Crippen LogP contribution in [0.15, 0.2) is 41.4 Å². The molecule has 0 saturated heterocycles. The molecule has 3 rings (SSSR count). The summed E-state index contributed by atoms with van der Waals surface area (Å²) >= 11 is 0.928. The Labute approximate surface area is 175 Å². The van der Waals surface area contributed by atoms with Gasteiger partial charge in [-0.15, -0.1) is 0 Å². The van der Waals surface area contributed by atoms with Crippen LogP contribution in [0.3, 0.4) is 0 Å². The molecule has 0 N–H and O–H groups in total. The minimum atomic E-state index is -0.842. The molecule has 0 atom stereocenters. The Hall–Kier alpha value is -3.07. The molecule has 0 bridgehead atoms. The zero-order valence-electron chi connectivity index (χ0n) is 16.5. The van der Waals surface area contributed by atoms with Crippen LogP contribution in [0.2, 0.25) is 0 Å². The number of hydrogen-bond donors (Lipinski definition) is 0. The Kier molecular flexibility index (Phi) is 6.94. The van der Waals surface area contributed by atoms with Crippen LogP contribution in [-0.4, -0.2) is 29.7 Å². The number of amides is 1. The lowest BCUT2D eigenvalue weighted by Crippen LogP contribution is -2.23. The molecule has 9 heteroatoms. The van der Waals surface area contributed by atoms with Gasteiger partial charge in [0, 0.05) is 6.07 Å². The summed E-state index contributed by atoms with van der Waals surface area (Å²) in [7, 11) is 0. The number of thiazole rings is 1. The van der Waals surface area contributed by atoms with Gasteiger partial charge >= 0.3 is 5.97 Å². The Balaban J connectivity index is 1.96. The van der Waals surface area contributed by atoms with Crippen molar-refractivity contribution in [3.63, 3.8) is 0 Å². The number of fused-ring (bicyclic) bond motifs is 1. The van der Waals surface area contributed by atoms with E-state index in [9.17, 15) is 18.4 Å². The summed E-state index contributed by atoms with van der Waals surface area (Å²) in [6, 6.07) is 8.88. The van der Waals surface area contributed by atoms with Gasteiger partial charge in [0.1, 0.15) is 18.1 Å². The van der Waals surface area contributed by atoms with Crippen molar-refractivity contribution < 1.29 is 27.8 Å². The minimum Gasteiger partial charge on any atom is -0.494 e. The fraction of sp³-hybridized carbons (Fsp3) is 0.286. The van der Waals surface area contributed by atoms with Gasteiger partial charge in [0.05, 0.1) is 29.9 Å². The third kappa shape index (κ3) is 5.10. The molecule has 0 fully saturated rings. The number of halogens is 2. The van der Waals surface area contributed by atoms with Gasteiger partial charge in [0.25, 0.3) is 5.91 Å². The highest BCUT2D eigenvalue weighted by Crippen LogP contribution is 2.22. The number of ether oxygens (including phenoxy) is 2. The van der Waals surface area contributed by atoms with Crippen LogP contribution in [0.1, 0.15) is 19.4 Å². The molecule has 0 aliphatic heterocycles. The Morgan fingerprint density at radius 3 is 2.50 bits per heavy atom. The van der Waals surface area contributed by atoms with E-state index in [2.05, 4.69) is 4.99 Å². The molecule has 0 radical (unpaired) electrons. The van der Waals surface area contributed by atoms with Gasteiger partial charge in [0.15, 0.2) is 10.6 Å². The van der Waals surface area contributed by atoms with Gasteiger partial charge < -0.3 is 14.0 Å². The van der Waals surface area contributed by atoms with Crippen molar-refractivity contribution in [2.75, 3.05) is 13.2 Å². The van der Waals surface area contributed by atoms with E-state index in [-0.39, 0.29) is 34.6 Å². The zero-order valence-corrected chi connectivity index (χ0v) is 17.3. The van der Waals surface area contributed by atoms with Crippen LogP contribution in [0.25, 0.3) is 10.2 Å². The van der Waals surface area contributed by atoms with E-state index in [0.29, 0.717) is 12.4 Å². The lowest BCUT2D eigenvalue weighted by Gasteiger charge is -2.06. The number of rotatable bonds is 7. The first-order valence-electron chi connectivity index (χ1n) is 9.34.